The molecule has 2 amide bonds. The Morgan fingerprint density at radius 2 is 1.71 bits per heavy atom. The predicted octanol–water partition coefficient (Wildman–Crippen LogP) is 1.71. The smallest absolute Gasteiger partial charge is 0.323 e. The number of rotatable bonds is 4. The fourth-order valence-corrected chi connectivity index (χ4v) is 2.53. The van der Waals surface area contributed by atoms with Gasteiger partial charge in [0.15, 0.2) is 0 Å². The summed E-state index contributed by atoms with van der Waals surface area (Å²) in [5, 5.41) is 9.00. The molecule has 122 valence electrons. The van der Waals surface area contributed by atoms with Crippen molar-refractivity contribution >= 4 is 12.0 Å². The van der Waals surface area contributed by atoms with Crippen molar-refractivity contribution in [1.82, 2.24) is 14.7 Å². The maximum Gasteiger partial charge on any atom is 0.323 e. The second kappa shape index (κ2) is 7.11. The van der Waals surface area contributed by atoms with Crippen molar-refractivity contribution in [3.05, 3.63) is 0 Å². The number of amides is 2. The van der Waals surface area contributed by atoms with Crippen LogP contribution in [0.3, 0.4) is 0 Å². The van der Waals surface area contributed by atoms with E-state index in [0.717, 1.165) is 19.5 Å². The van der Waals surface area contributed by atoms with E-state index in [9.17, 15) is 9.59 Å². The van der Waals surface area contributed by atoms with Crippen LogP contribution in [-0.4, -0.2) is 76.1 Å². The molecule has 0 aromatic rings. The fraction of sp³-hybridized carbons (Fsp3) is 0.867. The minimum absolute atomic E-state index is 0.0609. The first-order valence-electron chi connectivity index (χ1n) is 7.69. The highest BCUT2D eigenvalue weighted by Gasteiger charge is 2.31. The van der Waals surface area contributed by atoms with Gasteiger partial charge < -0.3 is 14.9 Å². The van der Waals surface area contributed by atoms with Crippen LogP contribution in [0.15, 0.2) is 0 Å². The molecule has 0 aliphatic carbocycles. The lowest BCUT2D eigenvalue weighted by molar-refractivity contribution is -0.138. The largest absolute Gasteiger partial charge is 0.480 e. The number of urea groups is 1. The van der Waals surface area contributed by atoms with Gasteiger partial charge in [-0.25, -0.2) is 4.79 Å². The van der Waals surface area contributed by atoms with Crippen molar-refractivity contribution in [2.24, 2.45) is 0 Å². The molecule has 6 nitrogen and oxygen atoms in total. The number of piperazine rings is 1. The second-order valence-electron chi connectivity index (χ2n) is 6.71. The van der Waals surface area contributed by atoms with E-state index in [1.54, 1.807) is 4.90 Å². The van der Waals surface area contributed by atoms with Crippen molar-refractivity contribution in [2.75, 3.05) is 32.7 Å². The zero-order valence-corrected chi connectivity index (χ0v) is 13.9. The minimum atomic E-state index is -0.961. The van der Waals surface area contributed by atoms with E-state index in [2.05, 4.69) is 25.7 Å². The molecule has 1 aliphatic heterocycles. The van der Waals surface area contributed by atoms with E-state index in [-0.39, 0.29) is 24.2 Å². The maximum atomic E-state index is 12.6. The van der Waals surface area contributed by atoms with E-state index < -0.39 is 5.97 Å². The monoisotopic (exact) mass is 299 g/mol. The summed E-state index contributed by atoms with van der Waals surface area (Å²) < 4.78 is 0. The molecule has 1 heterocycles. The van der Waals surface area contributed by atoms with E-state index in [1.807, 2.05) is 13.8 Å². The third kappa shape index (κ3) is 4.88. The Bertz CT molecular complexity index is 371. The molecule has 0 radical (unpaired) electrons. The number of hydrogen-bond acceptors (Lipinski definition) is 3. The van der Waals surface area contributed by atoms with Crippen LogP contribution in [0.25, 0.3) is 0 Å². The summed E-state index contributed by atoms with van der Waals surface area (Å²) >= 11 is 0. The Hall–Kier alpha value is -1.30. The van der Waals surface area contributed by atoms with Crippen LogP contribution in [0.4, 0.5) is 4.79 Å². The Labute approximate surface area is 127 Å². The van der Waals surface area contributed by atoms with Crippen molar-refractivity contribution in [1.29, 1.82) is 0 Å². The Balaban J connectivity index is 2.67. The van der Waals surface area contributed by atoms with Gasteiger partial charge in [-0.2, -0.15) is 0 Å². The van der Waals surface area contributed by atoms with Crippen LogP contribution in [0.1, 0.15) is 41.0 Å². The first-order chi connectivity index (χ1) is 9.66. The number of carbonyl (C=O) groups is 2. The fourth-order valence-electron chi connectivity index (χ4n) is 2.53. The van der Waals surface area contributed by atoms with Crippen LogP contribution in [0, 0.1) is 0 Å². The molecular formula is C15H29N3O3. The lowest BCUT2D eigenvalue weighted by Gasteiger charge is -2.43. The molecule has 1 fully saturated rings. The van der Waals surface area contributed by atoms with E-state index in [0.29, 0.717) is 13.1 Å². The van der Waals surface area contributed by atoms with Gasteiger partial charge in [0.25, 0.3) is 0 Å². The number of hydrogen-bond donors (Lipinski definition) is 1. The Kier molecular flexibility index (Phi) is 6.01. The van der Waals surface area contributed by atoms with Gasteiger partial charge >= 0.3 is 12.0 Å². The average Bonchev–Trinajstić information content (AvgIpc) is 2.42. The van der Waals surface area contributed by atoms with E-state index >= 15 is 0 Å². The standard InChI is InChI=1S/C15H29N3O3/c1-6-12(2)18(11-13(19)20)14(21)16-7-9-17(10-8-16)15(3,4)5/h12H,6-11H2,1-5H3,(H,19,20). The summed E-state index contributed by atoms with van der Waals surface area (Å²) in [6, 6.07) is -0.213. The van der Waals surface area contributed by atoms with Gasteiger partial charge in [0.1, 0.15) is 6.54 Å². The molecule has 1 aliphatic rings. The van der Waals surface area contributed by atoms with Crippen LogP contribution in [0.2, 0.25) is 0 Å². The molecule has 1 saturated heterocycles. The zero-order chi connectivity index (χ0) is 16.2. The molecular weight excluding hydrogens is 270 g/mol. The number of aliphatic carboxylic acids is 1. The number of nitrogens with zero attached hydrogens (tertiary/aromatic N) is 3. The summed E-state index contributed by atoms with van der Waals surface area (Å²) in [5.41, 5.74) is 0.104. The van der Waals surface area contributed by atoms with Gasteiger partial charge in [0.2, 0.25) is 0 Å². The normalized spacial score (nSPS) is 18.4. The predicted molar refractivity (Wildman–Crippen MR) is 82.4 cm³/mol. The number of carboxylic acid groups (broad SMARTS) is 1. The van der Waals surface area contributed by atoms with Crippen LogP contribution < -0.4 is 0 Å². The summed E-state index contributed by atoms with van der Waals surface area (Å²) in [7, 11) is 0. The first-order valence-corrected chi connectivity index (χ1v) is 7.69. The summed E-state index contributed by atoms with van der Waals surface area (Å²) in [6.07, 6.45) is 0.751. The molecule has 0 bridgehead atoms. The number of carboxylic acids is 1. The van der Waals surface area contributed by atoms with Gasteiger partial charge in [-0.3, -0.25) is 9.69 Å². The zero-order valence-electron chi connectivity index (χ0n) is 13.9. The molecule has 1 rings (SSSR count). The van der Waals surface area contributed by atoms with E-state index in [4.69, 9.17) is 5.11 Å². The quantitative estimate of drug-likeness (QED) is 0.858. The maximum absolute atomic E-state index is 12.6. The van der Waals surface area contributed by atoms with Gasteiger partial charge in [-0.15, -0.1) is 0 Å². The molecule has 6 heteroatoms. The van der Waals surface area contributed by atoms with Gasteiger partial charge in [0, 0.05) is 37.8 Å². The second-order valence-corrected chi connectivity index (χ2v) is 6.71. The molecule has 1 atom stereocenters. The molecule has 21 heavy (non-hydrogen) atoms. The SMILES string of the molecule is CCC(C)N(CC(=O)O)C(=O)N1CCN(C(C)(C)C)CC1. The highest BCUT2D eigenvalue weighted by Crippen LogP contribution is 2.17. The van der Waals surface area contributed by atoms with Gasteiger partial charge in [-0.1, -0.05) is 6.92 Å². The van der Waals surface area contributed by atoms with E-state index in [1.165, 1.54) is 4.90 Å². The van der Waals surface area contributed by atoms with Crippen molar-refractivity contribution in [2.45, 2.75) is 52.6 Å². The van der Waals surface area contributed by atoms with Gasteiger partial charge in [0.05, 0.1) is 0 Å². The lowest BCUT2D eigenvalue weighted by atomic mass is 10.1. The molecule has 0 aromatic heterocycles. The third-order valence-electron chi connectivity index (χ3n) is 4.17. The first kappa shape index (κ1) is 17.8. The van der Waals surface area contributed by atoms with Crippen LogP contribution in [0.5, 0.6) is 0 Å². The Morgan fingerprint density at radius 3 is 2.10 bits per heavy atom. The summed E-state index contributed by atoms with van der Waals surface area (Å²) in [4.78, 5) is 29.1. The lowest BCUT2D eigenvalue weighted by Crippen LogP contribution is -2.58. The van der Waals surface area contributed by atoms with Crippen LogP contribution in [-0.2, 0) is 4.79 Å². The average molecular weight is 299 g/mol. The van der Waals surface area contributed by atoms with Crippen molar-refractivity contribution < 1.29 is 14.7 Å². The topological polar surface area (TPSA) is 64.1 Å². The third-order valence-corrected chi connectivity index (χ3v) is 4.17. The van der Waals surface area contributed by atoms with Crippen LogP contribution >= 0.6 is 0 Å². The molecule has 1 N–H and O–H groups in total. The molecule has 1 unspecified atom stereocenters. The van der Waals surface area contributed by atoms with Crippen molar-refractivity contribution in [3.63, 3.8) is 0 Å². The molecule has 0 aromatic carbocycles. The number of carbonyl (C=O) groups excluding carboxylic acids is 1. The Morgan fingerprint density at radius 1 is 1.19 bits per heavy atom. The highest BCUT2D eigenvalue weighted by molar-refractivity contribution is 5.80. The summed E-state index contributed by atoms with van der Waals surface area (Å²) in [5.74, 6) is -0.961. The molecule has 0 spiro atoms. The van der Waals surface area contributed by atoms with Gasteiger partial charge in [-0.05, 0) is 34.1 Å². The minimum Gasteiger partial charge on any atom is -0.480 e. The highest BCUT2D eigenvalue weighted by atomic mass is 16.4. The van der Waals surface area contributed by atoms with Crippen molar-refractivity contribution in [3.8, 4) is 0 Å². The summed E-state index contributed by atoms with van der Waals surface area (Å²) in [6.45, 7) is 13.1. The molecule has 0 saturated carbocycles.